The zero-order chi connectivity index (χ0) is 18.7. The van der Waals surface area contributed by atoms with Gasteiger partial charge in [0.1, 0.15) is 0 Å². The average molecular weight is 382 g/mol. The Morgan fingerprint density at radius 1 is 1.27 bits per heavy atom. The number of aromatic nitrogens is 2. The van der Waals surface area contributed by atoms with Crippen LogP contribution in [0.25, 0.3) is 0 Å². The number of rotatable bonds is 6. The third kappa shape index (κ3) is 3.77. The molecule has 0 spiro atoms. The molecule has 0 saturated carbocycles. The molecule has 1 saturated heterocycles. The molecule has 0 bridgehead atoms. The van der Waals surface area contributed by atoms with Crippen LogP contribution in [0.5, 0.6) is 0 Å². The average Bonchev–Trinajstić information content (AvgIpc) is 3.10. The summed E-state index contributed by atoms with van der Waals surface area (Å²) in [4.78, 5) is 3.82. The molecule has 2 aromatic rings. The summed E-state index contributed by atoms with van der Waals surface area (Å²) in [5.41, 5.74) is 0.768. The molecule has 1 atom stereocenters. The highest BCUT2D eigenvalue weighted by atomic mass is 32.2. The number of halogens is 2. The Morgan fingerprint density at radius 2 is 2.00 bits per heavy atom. The van der Waals surface area contributed by atoms with E-state index in [9.17, 15) is 17.2 Å². The van der Waals surface area contributed by atoms with Crippen molar-refractivity contribution in [3.63, 3.8) is 0 Å². The maximum atomic E-state index is 12.6. The van der Waals surface area contributed by atoms with Gasteiger partial charge in [-0.1, -0.05) is 0 Å². The number of hydrogen-bond acceptors (Lipinski definition) is 6. The SMILES string of the molecule is CN(CC1CCCN1c1cccnn1)c1ccc(S(=O)(=O)C(F)F)cc1. The first-order valence-corrected chi connectivity index (χ1v) is 9.82. The minimum absolute atomic E-state index is 0.251. The molecule has 0 radical (unpaired) electrons. The van der Waals surface area contributed by atoms with E-state index >= 15 is 0 Å². The second-order valence-corrected chi connectivity index (χ2v) is 8.17. The van der Waals surface area contributed by atoms with Crippen molar-refractivity contribution >= 4 is 21.3 Å². The molecule has 1 unspecified atom stereocenters. The second kappa shape index (κ2) is 7.53. The van der Waals surface area contributed by atoms with Crippen LogP contribution >= 0.6 is 0 Å². The van der Waals surface area contributed by atoms with Gasteiger partial charge in [0.25, 0.3) is 0 Å². The zero-order valence-electron chi connectivity index (χ0n) is 14.3. The summed E-state index contributed by atoms with van der Waals surface area (Å²) in [6.45, 7) is 1.61. The molecule has 1 aromatic carbocycles. The lowest BCUT2D eigenvalue weighted by molar-refractivity contribution is 0.234. The van der Waals surface area contributed by atoms with Crippen LogP contribution in [0.4, 0.5) is 20.3 Å². The standard InChI is InChI=1S/C17H20F2N4O2S/c1-22(13-6-8-15(9-7-13)26(24,25)17(18)19)12-14-4-3-11-23(14)16-5-2-10-20-21-16/h2,5-10,14,17H,3-4,11-12H2,1H3. The first-order chi connectivity index (χ1) is 12.4. The number of alkyl halides is 2. The van der Waals surface area contributed by atoms with Gasteiger partial charge >= 0.3 is 5.76 Å². The topological polar surface area (TPSA) is 66.4 Å². The van der Waals surface area contributed by atoms with Crippen molar-refractivity contribution in [2.24, 2.45) is 0 Å². The van der Waals surface area contributed by atoms with Crippen molar-refractivity contribution in [2.45, 2.75) is 29.5 Å². The number of sulfone groups is 1. The molecule has 140 valence electrons. The van der Waals surface area contributed by atoms with Gasteiger partial charge in [-0.25, -0.2) is 8.42 Å². The van der Waals surface area contributed by atoms with Crippen LogP contribution in [0.1, 0.15) is 12.8 Å². The molecule has 1 aliphatic heterocycles. The Hall–Kier alpha value is -2.29. The van der Waals surface area contributed by atoms with Crippen LogP contribution in [0.3, 0.4) is 0 Å². The Kier molecular flexibility index (Phi) is 5.36. The first-order valence-electron chi connectivity index (χ1n) is 8.27. The van der Waals surface area contributed by atoms with Crippen molar-refractivity contribution < 1.29 is 17.2 Å². The predicted molar refractivity (Wildman–Crippen MR) is 95.3 cm³/mol. The van der Waals surface area contributed by atoms with Crippen LogP contribution < -0.4 is 9.80 Å². The number of anilines is 2. The van der Waals surface area contributed by atoms with Crippen molar-refractivity contribution in [1.29, 1.82) is 0 Å². The monoisotopic (exact) mass is 382 g/mol. The first kappa shape index (κ1) is 18.5. The minimum Gasteiger partial charge on any atom is -0.373 e. The highest BCUT2D eigenvalue weighted by Gasteiger charge is 2.28. The largest absolute Gasteiger partial charge is 0.373 e. The fourth-order valence-corrected chi connectivity index (χ4v) is 3.91. The minimum atomic E-state index is -4.56. The lowest BCUT2D eigenvalue weighted by atomic mass is 10.2. The summed E-state index contributed by atoms with van der Waals surface area (Å²) in [5, 5.41) is 8.09. The van der Waals surface area contributed by atoms with Crippen LogP contribution in [0.2, 0.25) is 0 Å². The number of nitrogens with zero attached hydrogens (tertiary/aromatic N) is 4. The molecule has 3 rings (SSSR count). The van der Waals surface area contributed by atoms with Crippen LogP contribution in [-0.2, 0) is 9.84 Å². The van der Waals surface area contributed by atoms with Gasteiger partial charge in [0.15, 0.2) is 5.82 Å². The third-order valence-electron chi connectivity index (χ3n) is 4.55. The summed E-state index contributed by atoms with van der Waals surface area (Å²) in [7, 11) is -2.67. The summed E-state index contributed by atoms with van der Waals surface area (Å²) in [5.74, 6) is -2.58. The maximum Gasteiger partial charge on any atom is 0.341 e. The Labute approximate surface area is 151 Å². The fraction of sp³-hybridized carbons (Fsp3) is 0.412. The second-order valence-electron chi connectivity index (χ2n) is 6.25. The highest BCUT2D eigenvalue weighted by Crippen LogP contribution is 2.26. The van der Waals surface area contributed by atoms with Gasteiger partial charge in [-0.3, -0.25) is 0 Å². The van der Waals surface area contributed by atoms with Crippen LogP contribution in [-0.4, -0.2) is 50.6 Å². The molecule has 6 nitrogen and oxygen atoms in total. The molecule has 0 aliphatic carbocycles. The van der Waals surface area contributed by atoms with Gasteiger partial charge in [0.2, 0.25) is 9.84 Å². The predicted octanol–water partition coefficient (Wildman–Crippen LogP) is 2.58. The van der Waals surface area contributed by atoms with Crippen LogP contribution in [0, 0.1) is 0 Å². The van der Waals surface area contributed by atoms with E-state index in [0.717, 1.165) is 30.9 Å². The molecule has 1 aromatic heterocycles. The smallest absolute Gasteiger partial charge is 0.341 e. The highest BCUT2D eigenvalue weighted by molar-refractivity contribution is 7.91. The van der Waals surface area contributed by atoms with E-state index in [1.165, 1.54) is 12.1 Å². The lowest BCUT2D eigenvalue weighted by Crippen LogP contribution is -2.39. The maximum absolute atomic E-state index is 12.6. The molecule has 1 aliphatic rings. The van der Waals surface area contributed by atoms with Crippen molar-refractivity contribution in [1.82, 2.24) is 10.2 Å². The molecule has 1 fully saturated rings. The Morgan fingerprint density at radius 3 is 2.62 bits per heavy atom. The van der Waals surface area contributed by atoms with Gasteiger partial charge < -0.3 is 9.80 Å². The number of likely N-dealkylation sites (N-methyl/N-ethyl adjacent to an activating group) is 1. The van der Waals surface area contributed by atoms with E-state index in [1.807, 2.05) is 24.1 Å². The van der Waals surface area contributed by atoms with Crippen molar-refractivity contribution in [3.8, 4) is 0 Å². The number of hydrogen-bond donors (Lipinski definition) is 0. The molecular weight excluding hydrogens is 362 g/mol. The molecule has 0 amide bonds. The molecule has 0 N–H and O–H groups in total. The third-order valence-corrected chi connectivity index (χ3v) is 5.95. The molecule has 2 heterocycles. The fourth-order valence-electron chi connectivity index (χ4n) is 3.19. The van der Waals surface area contributed by atoms with Crippen LogP contribution in [0.15, 0.2) is 47.5 Å². The van der Waals surface area contributed by atoms with E-state index in [4.69, 9.17) is 0 Å². The van der Waals surface area contributed by atoms with E-state index in [1.54, 1.807) is 18.3 Å². The summed E-state index contributed by atoms with van der Waals surface area (Å²) >= 11 is 0. The number of benzene rings is 1. The van der Waals surface area contributed by atoms with Gasteiger partial charge in [-0.15, -0.1) is 5.10 Å². The Balaban J connectivity index is 1.71. The zero-order valence-corrected chi connectivity index (χ0v) is 15.1. The molecule has 26 heavy (non-hydrogen) atoms. The van der Waals surface area contributed by atoms with Gasteiger partial charge in [0.05, 0.1) is 4.90 Å². The van der Waals surface area contributed by atoms with Gasteiger partial charge in [-0.2, -0.15) is 13.9 Å². The van der Waals surface area contributed by atoms with E-state index in [0.29, 0.717) is 6.54 Å². The molecular formula is C17H20F2N4O2S. The van der Waals surface area contributed by atoms with Crippen molar-refractivity contribution in [3.05, 3.63) is 42.6 Å². The van der Waals surface area contributed by atoms with Gasteiger partial charge in [-0.05, 0) is 49.2 Å². The Bertz CT molecular complexity index is 832. The van der Waals surface area contributed by atoms with E-state index in [-0.39, 0.29) is 10.9 Å². The van der Waals surface area contributed by atoms with E-state index in [2.05, 4.69) is 15.1 Å². The lowest BCUT2D eigenvalue weighted by Gasteiger charge is -2.30. The van der Waals surface area contributed by atoms with E-state index < -0.39 is 15.6 Å². The summed E-state index contributed by atoms with van der Waals surface area (Å²) in [6.07, 6.45) is 3.70. The normalized spacial score (nSPS) is 17.7. The quantitative estimate of drug-likeness (QED) is 0.765. The summed E-state index contributed by atoms with van der Waals surface area (Å²) < 4.78 is 48.3. The van der Waals surface area contributed by atoms with Gasteiger partial charge in [0, 0.05) is 38.1 Å². The van der Waals surface area contributed by atoms with Crippen molar-refractivity contribution in [2.75, 3.05) is 29.9 Å². The molecule has 9 heteroatoms. The summed E-state index contributed by atoms with van der Waals surface area (Å²) in [6, 6.07) is 9.58.